The Kier molecular flexibility index (Phi) is 3.21. The standard InChI is InChI=1S/C10H7N5O5/c1-20-9(18)6-2-4(8(17)14-19)12-10-13-5(7(11)16)3-15(6)10/h2-3H,1H3,(H2,11,16). The van der Waals surface area contributed by atoms with E-state index in [4.69, 9.17) is 5.73 Å². The van der Waals surface area contributed by atoms with Crippen LogP contribution in [0.2, 0.25) is 0 Å². The first-order chi connectivity index (χ1) is 9.47. The van der Waals surface area contributed by atoms with Crippen LogP contribution in [0.4, 0.5) is 0 Å². The third-order valence-electron chi connectivity index (χ3n) is 2.39. The van der Waals surface area contributed by atoms with Gasteiger partial charge in [-0.2, -0.15) is 0 Å². The van der Waals surface area contributed by atoms with Crippen LogP contribution in [-0.4, -0.2) is 39.3 Å². The van der Waals surface area contributed by atoms with Crippen molar-refractivity contribution >= 4 is 23.6 Å². The third-order valence-corrected chi connectivity index (χ3v) is 2.39. The maximum Gasteiger partial charge on any atom is 0.355 e. The minimum Gasteiger partial charge on any atom is -0.464 e. The van der Waals surface area contributed by atoms with E-state index in [2.05, 4.69) is 19.9 Å². The Labute approximate surface area is 110 Å². The average molecular weight is 277 g/mol. The Balaban J connectivity index is 2.77. The number of carbonyl (C=O) groups is 3. The number of esters is 1. The van der Waals surface area contributed by atoms with E-state index in [1.54, 1.807) is 0 Å². The molecule has 0 aliphatic carbocycles. The zero-order valence-corrected chi connectivity index (χ0v) is 10.1. The van der Waals surface area contributed by atoms with Crippen LogP contribution in [0.3, 0.4) is 0 Å². The molecule has 0 fully saturated rings. The number of aromatic nitrogens is 3. The highest BCUT2D eigenvalue weighted by molar-refractivity contribution is 5.97. The number of primary amides is 1. The van der Waals surface area contributed by atoms with Crippen molar-refractivity contribution in [2.24, 2.45) is 10.9 Å². The van der Waals surface area contributed by atoms with Crippen molar-refractivity contribution in [2.75, 3.05) is 7.11 Å². The van der Waals surface area contributed by atoms with Crippen molar-refractivity contribution in [1.29, 1.82) is 0 Å². The maximum absolute atomic E-state index is 11.6. The number of nitrogens with zero attached hydrogens (tertiary/aromatic N) is 4. The summed E-state index contributed by atoms with van der Waals surface area (Å²) in [4.78, 5) is 51.6. The monoisotopic (exact) mass is 277 g/mol. The number of nitrogens with two attached hydrogens (primary N) is 1. The molecule has 102 valence electrons. The molecule has 0 saturated carbocycles. The Morgan fingerprint density at radius 3 is 2.50 bits per heavy atom. The Morgan fingerprint density at radius 2 is 1.95 bits per heavy atom. The summed E-state index contributed by atoms with van der Waals surface area (Å²) in [7, 11) is 1.12. The number of rotatable bonds is 3. The summed E-state index contributed by atoms with van der Waals surface area (Å²) in [6.45, 7) is 0. The summed E-state index contributed by atoms with van der Waals surface area (Å²) >= 11 is 0. The van der Waals surface area contributed by atoms with E-state index >= 15 is 0 Å². The Morgan fingerprint density at radius 1 is 1.30 bits per heavy atom. The Hall–Kier alpha value is -3.17. The molecular formula is C10H7N5O5. The fourth-order valence-electron chi connectivity index (χ4n) is 1.50. The molecule has 2 heterocycles. The molecule has 0 aliphatic heterocycles. The second-order valence-corrected chi connectivity index (χ2v) is 3.58. The summed E-state index contributed by atoms with van der Waals surface area (Å²) in [6, 6.07) is 1.01. The summed E-state index contributed by atoms with van der Waals surface area (Å²) in [6.07, 6.45) is 1.17. The summed E-state index contributed by atoms with van der Waals surface area (Å²) in [5.41, 5.74) is 4.36. The molecular weight excluding hydrogens is 270 g/mol. The van der Waals surface area contributed by atoms with Gasteiger partial charge in [0.15, 0.2) is 0 Å². The van der Waals surface area contributed by atoms with E-state index < -0.39 is 23.5 Å². The highest BCUT2D eigenvalue weighted by atomic mass is 16.5. The van der Waals surface area contributed by atoms with Crippen molar-refractivity contribution in [1.82, 2.24) is 14.4 Å². The molecule has 2 rings (SSSR count). The van der Waals surface area contributed by atoms with Gasteiger partial charge in [-0.1, -0.05) is 0 Å². The number of ether oxygens (including phenoxy) is 1. The van der Waals surface area contributed by atoms with Crippen LogP contribution in [0, 0.1) is 4.91 Å². The largest absolute Gasteiger partial charge is 0.464 e. The number of imidazole rings is 1. The van der Waals surface area contributed by atoms with Gasteiger partial charge in [-0.05, 0) is 0 Å². The second kappa shape index (κ2) is 4.84. The van der Waals surface area contributed by atoms with Crippen LogP contribution in [0.5, 0.6) is 0 Å². The number of hydrogen-bond donors (Lipinski definition) is 1. The highest BCUT2D eigenvalue weighted by Gasteiger charge is 2.20. The molecule has 2 aromatic rings. The fraction of sp³-hybridized carbons (Fsp3) is 0.100. The van der Waals surface area contributed by atoms with Crippen LogP contribution in [0.15, 0.2) is 17.4 Å². The van der Waals surface area contributed by atoms with Gasteiger partial charge >= 0.3 is 11.9 Å². The second-order valence-electron chi connectivity index (χ2n) is 3.58. The predicted molar refractivity (Wildman–Crippen MR) is 63.0 cm³/mol. The van der Waals surface area contributed by atoms with Crippen molar-refractivity contribution < 1.29 is 19.1 Å². The number of nitroso groups, excluding NO2 is 1. The lowest BCUT2D eigenvalue weighted by molar-refractivity contribution is 0.0591. The fourth-order valence-corrected chi connectivity index (χ4v) is 1.50. The van der Waals surface area contributed by atoms with Gasteiger partial charge in [0, 0.05) is 17.4 Å². The van der Waals surface area contributed by atoms with Crippen molar-refractivity contribution in [2.45, 2.75) is 0 Å². The van der Waals surface area contributed by atoms with Crippen LogP contribution in [-0.2, 0) is 4.74 Å². The molecule has 2 N–H and O–H groups in total. The molecule has 0 saturated heterocycles. The molecule has 2 amide bonds. The first-order valence-corrected chi connectivity index (χ1v) is 5.14. The maximum atomic E-state index is 11.6. The number of carbonyl (C=O) groups excluding carboxylic acids is 3. The van der Waals surface area contributed by atoms with Gasteiger partial charge in [0.25, 0.3) is 5.91 Å². The molecule has 10 heteroatoms. The summed E-state index contributed by atoms with van der Waals surface area (Å²) < 4.78 is 5.65. The van der Waals surface area contributed by atoms with Crippen LogP contribution < -0.4 is 5.73 Å². The van der Waals surface area contributed by atoms with Gasteiger partial charge in [-0.3, -0.25) is 14.0 Å². The molecule has 0 unspecified atom stereocenters. The smallest absolute Gasteiger partial charge is 0.355 e. The van der Waals surface area contributed by atoms with Crippen LogP contribution in [0.1, 0.15) is 31.5 Å². The van der Waals surface area contributed by atoms with Crippen LogP contribution >= 0.6 is 0 Å². The predicted octanol–water partition coefficient (Wildman–Crippen LogP) is -0.479. The number of methoxy groups -OCH3 is 1. The SMILES string of the molecule is COC(=O)c1cc(C(=O)N=O)nc2nc(C(N)=O)cn12. The molecule has 0 radical (unpaired) electrons. The molecule has 20 heavy (non-hydrogen) atoms. The lowest BCUT2D eigenvalue weighted by Crippen LogP contribution is -2.12. The molecule has 0 aliphatic rings. The van der Waals surface area contributed by atoms with Gasteiger partial charge in [-0.15, -0.1) is 4.91 Å². The van der Waals surface area contributed by atoms with Crippen LogP contribution in [0.25, 0.3) is 5.78 Å². The highest BCUT2D eigenvalue weighted by Crippen LogP contribution is 2.11. The van der Waals surface area contributed by atoms with Gasteiger partial charge in [0.1, 0.15) is 17.1 Å². The molecule has 10 nitrogen and oxygen atoms in total. The summed E-state index contributed by atoms with van der Waals surface area (Å²) in [5, 5.41) is 2.20. The first-order valence-electron chi connectivity index (χ1n) is 5.14. The first kappa shape index (κ1) is 13.3. The molecule has 0 spiro atoms. The van der Waals surface area contributed by atoms with Crippen molar-refractivity contribution in [3.8, 4) is 0 Å². The molecule has 0 atom stereocenters. The van der Waals surface area contributed by atoms with Crippen molar-refractivity contribution in [3.63, 3.8) is 0 Å². The minimum atomic E-state index is -1.18. The van der Waals surface area contributed by atoms with Crippen molar-refractivity contribution in [3.05, 3.63) is 34.3 Å². The zero-order valence-electron chi connectivity index (χ0n) is 10.1. The van der Waals surface area contributed by atoms with Gasteiger partial charge in [0.05, 0.1) is 7.11 Å². The number of fused-ring (bicyclic) bond motifs is 1. The molecule has 0 bridgehead atoms. The summed E-state index contributed by atoms with van der Waals surface area (Å²) in [5.74, 6) is -2.99. The van der Waals surface area contributed by atoms with E-state index in [9.17, 15) is 19.3 Å². The van der Waals surface area contributed by atoms with E-state index in [1.807, 2.05) is 0 Å². The molecule has 2 aromatic heterocycles. The lowest BCUT2D eigenvalue weighted by Gasteiger charge is -2.03. The van der Waals surface area contributed by atoms with Gasteiger partial charge < -0.3 is 10.5 Å². The van der Waals surface area contributed by atoms with E-state index in [1.165, 1.54) is 6.20 Å². The van der Waals surface area contributed by atoms with Gasteiger partial charge in [-0.25, -0.2) is 14.8 Å². The Bertz CT molecular complexity index is 750. The minimum absolute atomic E-state index is 0.149. The number of hydrogen-bond acceptors (Lipinski definition) is 7. The van der Waals surface area contributed by atoms with E-state index in [0.29, 0.717) is 0 Å². The zero-order chi connectivity index (χ0) is 14.9. The topological polar surface area (TPSA) is 146 Å². The number of amides is 2. The van der Waals surface area contributed by atoms with Gasteiger partial charge in [0.2, 0.25) is 5.78 Å². The normalized spacial score (nSPS) is 10.2. The molecule has 0 aromatic carbocycles. The quantitative estimate of drug-likeness (QED) is 0.588. The van der Waals surface area contributed by atoms with E-state index in [-0.39, 0.29) is 17.2 Å². The average Bonchev–Trinajstić information content (AvgIpc) is 2.88. The lowest BCUT2D eigenvalue weighted by atomic mass is 10.3. The van der Waals surface area contributed by atoms with E-state index in [0.717, 1.165) is 17.6 Å². The third kappa shape index (κ3) is 2.09.